The smallest absolute Gasteiger partial charge is 0.255 e. The molecule has 0 bridgehead atoms. The summed E-state index contributed by atoms with van der Waals surface area (Å²) in [6.45, 7) is 0. The van der Waals surface area contributed by atoms with Crippen LogP contribution in [0.5, 0.6) is 5.75 Å². The molecule has 0 atom stereocenters. The van der Waals surface area contributed by atoms with Crippen molar-refractivity contribution in [3.05, 3.63) is 57.5 Å². The molecule has 0 saturated carbocycles. The van der Waals surface area contributed by atoms with Crippen molar-refractivity contribution in [2.75, 3.05) is 12.4 Å². The molecule has 0 saturated heterocycles. The second-order valence-corrected chi connectivity index (χ2v) is 5.13. The normalized spacial score (nSPS) is 10.1. The first kappa shape index (κ1) is 13.9. The number of rotatable bonds is 3. The molecule has 2 aromatic carbocycles. The number of anilines is 1. The summed E-state index contributed by atoms with van der Waals surface area (Å²) in [5, 5.41) is 3.25. The van der Waals surface area contributed by atoms with Crippen molar-refractivity contribution in [3.63, 3.8) is 0 Å². The average molecular weight is 341 g/mol. The van der Waals surface area contributed by atoms with E-state index in [0.717, 1.165) is 4.47 Å². The van der Waals surface area contributed by atoms with Crippen LogP contribution in [0.4, 0.5) is 5.69 Å². The maximum atomic E-state index is 12.1. The van der Waals surface area contributed by atoms with Crippen LogP contribution in [0.3, 0.4) is 0 Å². The highest BCUT2D eigenvalue weighted by Gasteiger charge is 2.09. The Kier molecular flexibility index (Phi) is 4.45. The van der Waals surface area contributed by atoms with E-state index < -0.39 is 0 Å². The topological polar surface area (TPSA) is 38.3 Å². The molecule has 2 rings (SSSR count). The predicted molar refractivity (Wildman–Crippen MR) is 80.1 cm³/mol. The molecule has 1 amide bonds. The zero-order valence-electron chi connectivity index (χ0n) is 10.1. The van der Waals surface area contributed by atoms with Crippen molar-refractivity contribution < 1.29 is 9.53 Å². The number of amides is 1. The van der Waals surface area contributed by atoms with E-state index in [-0.39, 0.29) is 5.91 Å². The molecule has 0 aliphatic heterocycles. The van der Waals surface area contributed by atoms with Crippen molar-refractivity contribution in [2.45, 2.75) is 0 Å². The molecular formula is C14H11BrClNO2. The zero-order chi connectivity index (χ0) is 13.8. The van der Waals surface area contributed by atoms with Crippen LogP contribution in [0.25, 0.3) is 0 Å². The number of methoxy groups -OCH3 is 1. The lowest BCUT2D eigenvalue weighted by atomic mass is 10.2. The van der Waals surface area contributed by atoms with Gasteiger partial charge in [-0.05, 0) is 42.5 Å². The van der Waals surface area contributed by atoms with E-state index in [9.17, 15) is 4.79 Å². The van der Waals surface area contributed by atoms with Crippen LogP contribution < -0.4 is 10.1 Å². The van der Waals surface area contributed by atoms with Gasteiger partial charge < -0.3 is 10.1 Å². The van der Waals surface area contributed by atoms with Crippen LogP contribution in [0.2, 0.25) is 5.02 Å². The van der Waals surface area contributed by atoms with Gasteiger partial charge in [-0.25, -0.2) is 0 Å². The molecule has 19 heavy (non-hydrogen) atoms. The Morgan fingerprint density at radius 3 is 2.53 bits per heavy atom. The number of halogens is 2. The van der Waals surface area contributed by atoms with Gasteiger partial charge >= 0.3 is 0 Å². The molecule has 0 aliphatic carbocycles. The molecule has 0 aliphatic rings. The Bertz CT molecular complexity index is 599. The summed E-state index contributed by atoms with van der Waals surface area (Å²) in [5.74, 6) is 0.486. The Labute approximate surface area is 124 Å². The minimum Gasteiger partial charge on any atom is -0.497 e. The lowest BCUT2D eigenvalue weighted by Crippen LogP contribution is -2.12. The van der Waals surface area contributed by atoms with Gasteiger partial charge in [-0.15, -0.1) is 0 Å². The molecule has 5 heteroatoms. The molecule has 2 aromatic rings. The fourth-order valence-electron chi connectivity index (χ4n) is 1.53. The quantitative estimate of drug-likeness (QED) is 0.901. The largest absolute Gasteiger partial charge is 0.497 e. The van der Waals surface area contributed by atoms with Crippen LogP contribution >= 0.6 is 27.5 Å². The van der Waals surface area contributed by atoms with Crippen LogP contribution in [-0.2, 0) is 0 Å². The lowest BCUT2D eigenvalue weighted by molar-refractivity contribution is 0.102. The van der Waals surface area contributed by atoms with Crippen LogP contribution in [0.1, 0.15) is 10.4 Å². The maximum Gasteiger partial charge on any atom is 0.255 e. The van der Waals surface area contributed by atoms with E-state index in [2.05, 4.69) is 21.2 Å². The first-order valence-electron chi connectivity index (χ1n) is 5.50. The molecular weight excluding hydrogens is 330 g/mol. The Morgan fingerprint density at radius 2 is 1.89 bits per heavy atom. The van der Waals surface area contributed by atoms with Crippen LogP contribution in [-0.4, -0.2) is 13.0 Å². The summed E-state index contributed by atoms with van der Waals surface area (Å²) in [5.41, 5.74) is 1.11. The summed E-state index contributed by atoms with van der Waals surface area (Å²) in [6.07, 6.45) is 0. The number of hydrogen-bond donors (Lipinski definition) is 1. The fourth-order valence-corrected chi connectivity index (χ4v) is 2.06. The van der Waals surface area contributed by atoms with Crippen molar-refractivity contribution >= 4 is 39.1 Å². The van der Waals surface area contributed by atoms with Crippen molar-refractivity contribution in [2.24, 2.45) is 0 Å². The number of ether oxygens (including phenoxy) is 1. The molecule has 0 fully saturated rings. The third-order valence-electron chi connectivity index (χ3n) is 2.53. The molecule has 3 nitrogen and oxygen atoms in total. The Hall–Kier alpha value is -1.52. The number of benzene rings is 2. The van der Waals surface area contributed by atoms with E-state index in [0.29, 0.717) is 22.0 Å². The number of hydrogen-bond acceptors (Lipinski definition) is 2. The summed E-state index contributed by atoms with van der Waals surface area (Å²) in [6, 6.07) is 12.1. The predicted octanol–water partition coefficient (Wildman–Crippen LogP) is 4.36. The van der Waals surface area contributed by atoms with Crippen LogP contribution in [0.15, 0.2) is 46.9 Å². The van der Waals surface area contributed by atoms with E-state index >= 15 is 0 Å². The van der Waals surface area contributed by atoms with Crippen molar-refractivity contribution in [1.82, 2.24) is 0 Å². The third-order valence-corrected chi connectivity index (χ3v) is 3.35. The van der Waals surface area contributed by atoms with Gasteiger partial charge in [0, 0.05) is 10.0 Å². The van der Waals surface area contributed by atoms with Crippen LogP contribution in [0, 0.1) is 0 Å². The molecule has 0 radical (unpaired) electrons. The Morgan fingerprint density at radius 1 is 1.21 bits per heavy atom. The second kappa shape index (κ2) is 6.08. The molecule has 0 unspecified atom stereocenters. The zero-order valence-corrected chi connectivity index (χ0v) is 12.5. The van der Waals surface area contributed by atoms with Gasteiger partial charge in [-0.1, -0.05) is 27.5 Å². The third kappa shape index (κ3) is 3.49. The molecule has 98 valence electrons. The molecule has 0 heterocycles. The monoisotopic (exact) mass is 339 g/mol. The molecule has 1 N–H and O–H groups in total. The van der Waals surface area contributed by atoms with Gasteiger partial charge in [-0.3, -0.25) is 4.79 Å². The van der Waals surface area contributed by atoms with Gasteiger partial charge in [0.2, 0.25) is 0 Å². The highest BCUT2D eigenvalue weighted by molar-refractivity contribution is 9.10. The van der Waals surface area contributed by atoms with Crippen molar-refractivity contribution in [1.29, 1.82) is 0 Å². The highest BCUT2D eigenvalue weighted by Crippen LogP contribution is 2.26. The Balaban J connectivity index is 2.18. The number of carbonyl (C=O) groups is 1. The highest BCUT2D eigenvalue weighted by atomic mass is 79.9. The molecule has 0 spiro atoms. The van der Waals surface area contributed by atoms with E-state index in [1.807, 2.05) is 6.07 Å². The fraction of sp³-hybridized carbons (Fsp3) is 0.0714. The minimum absolute atomic E-state index is 0.220. The first-order valence-corrected chi connectivity index (χ1v) is 6.67. The SMILES string of the molecule is COc1ccc(C(=O)Nc2cc(Br)ccc2Cl)cc1. The minimum atomic E-state index is -0.220. The van der Waals surface area contributed by atoms with Gasteiger partial charge in [0.25, 0.3) is 5.91 Å². The molecule has 0 aromatic heterocycles. The maximum absolute atomic E-state index is 12.1. The summed E-state index contributed by atoms with van der Waals surface area (Å²) >= 11 is 9.35. The summed E-state index contributed by atoms with van der Waals surface area (Å²) in [4.78, 5) is 12.1. The van der Waals surface area contributed by atoms with Gasteiger partial charge in [-0.2, -0.15) is 0 Å². The number of nitrogens with one attached hydrogen (secondary N) is 1. The van der Waals surface area contributed by atoms with E-state index in [1.165, 1.54) is 0 Å². The van der Waals surface area contributed by atoms with E-state index in [1.54, 1.807) is 43.5 Å². The van der Waals surface area contributed by atoms with E-state index in [4.69, 9.17) is 16.3 Å². The summed E-state index contributed by atoms with van der Waals surface area (Å²) in [7, 11) is 1.58. The van der Waals surface area contributed by atoms with Gasteiger partial charge in [0.1, 0.15) is 5.75 Å². The number of carbonyl (C=O) groups excluding carboxylic acids is 1. The van der Waals surface area contributed by atoms with Crippen molar-refractivity contribution in [3.8, 4) is 5.75 Å². The summed E-state index contributed by atoms with van der Waals surface area (Å²) < 4.78 is 5.89. The van der Waals surface area contributed by atoms with Gasteiger partial charge in [0.15, 0.2) is 0 Å². The van der Waals surface area contributed by atoms with Gasteiger partial charge in [0.05, 0.1) is 17.8 Å². The lowest BCUT2D eigenvalue weighted by Gasteiger charge is -2.08. The standard InChI is InChI=1S/C14H11BrClNO2/c1-19-11-5-2-9(3-6-11)14(18)17-13-8-10(15)4-7-12(13)16/h2-8H,1H3,(H,17,18). The average Bonchev–Trinajstić information content (AvgIpc) is 2.43. The second-order valence-electron chi connectivity index (χ2n) is 3.81. The first-order chi connectivity index (χ1) is 9.10.